The summed E-state index contributed by atoms with van der Waals surface area (Å²) in [6.45, 7) is 4.09. The molecule has 3 rings (SSSR count). The molecule has 1 aromatic carbocycles. The Bertz CT molecular complexity index is 649. The maximum atomic E-state index is 6.02. The van der Waals surface area contributed by atoms with Crippen LogP contribution < -0.4 is 10.6 Å². The Kier molecular flexibility index (Phi) is 5.13. The quantitative estimate of drug-likeness (QED) is 0.929. The Morgan fingerprint density at radius 3 is 2.52 bits per heavy atom. The van der Waals surface area contributed by atoms with E-state index in [1.807, 2.05) is 24.3 Å². The first-order valence-electron chi connectivity index (χ1n) is 8.30. The van der Waals surface area contributed by atoms with Crippen molar-refractivity contribution in [1.82, 2.24) is 9.97 Å². The fourth-order valence-electron chi connectivity index (χ4n) is 2.89. The van der Waals surface area contributed by atoms with E-state index >= 15 is 0 Å². The molecule has 0 bridgehead atoms. The van der Waals surface area contributed by atoms with Crippen molar-refractivity contribution in [2.75, 3.05) is 18.0 Å². The van der Waals surface area contributed by atoms with E-state index in [9.17, 15) is 0 Å². The molecular formula is C18H23ClN4. The van der Waals surface area contributed by atoms with E-state index in [1.54, 1.807) is 0 Å². The molecule has 0 atom stereocenters. The number of hydrogen-bond acceptors (Lipinski definition) is 4. The second-order valence-electron chi connectivity index (χ2n) is 6.12. The lowest BCUT2D eigenvalue weighted by atomic mass is 10.1. The molecule has 1 aliphatic rings. The van der Waals surface area contributed by atoms with E-state index in [1.165, 1.54) is 0 Å². The summed E-state index contributed by atoms with van der Waals surface area (Å²) in [5, 5.41) is 0.726. The van der Waals surface area contributed by atoms with Gasteiger partial charge in [-0.05, 0) is 43.5 Å². The van der Waals surface area contributed by atoms with Gasteiger partial charge in [0.25, 0.3) is 0 Å². The summed E-state index contributed by atoms with van der Waals surface area (Å²) in [6.07, 6.45) is 4.07. The molecule has 1 aromatic heterocycles. The van der Waals surface area contributed by atoms with Gasteiger partial charge in [0.05, 0.1) is 0 Å². The molecule has 5 heteroatoms. The molecule has 23 heavy (non-hydrogen) atoms. The van der Waals surface area contributed by atoms with Gasteiger partial charge in [-0.25, -0.2) is 9.97 Å². The summed E-state index contributed by atoms with van der Waals surface area (Å²) in [5.41, 5.74) is 8.11. The molecular weight excluding hydrogens is 308 g/mol. The molecule has 2 aromatic rings. The molecule has 1 aliphatic heterocycles. The number of anilines is 1. The van der Waals surface area contributed by atoms with Crippen molar-refractivity contribution in [3.8, 4) is 11.4 Å². The Balaban J connectivity index is 1.94. The van der Waals surface area contributed by atoms with Crippen LogP contribution in [0.5, 0.6) is 0 Å². The maximum absolute atomic E-state index is 6.02. The van der Waals surface area contributed by atoms with Crippen molar-refractivity contribution in [3.63, 3.8) is 0 Å². The minimum Gasteiger partial charge on any atom is -0.356 e. The molecule has 1 saturated heterocycles. The highest BCUT2D eigenvalue weighted by molar-refractivity contribution is 6.30. The van der Waals surface area contributed by atoms with Crippen molar-refractivity contribution in [2.24, 2.45) is 5.73 Å². The first kappa shape index (κ1) is 16.2. The second kappa shape index (κ2) is 7.28. The fourth-order valence-corrected chi connectivity index (χ4v) is 3.01. The van der Waals surface area contributed by atoms with Gasteiger partial charge in [0.15, 0.2) is 5.82 Å². The van der Waals surface area contributed by atoms with Gasteiger partial charge in [-0.2, -0.15) is 0 Å². The third kappa shape index (κ3) is 4.01. The summed E-state index contributed by atoms with van der Waals surface area (Å²) in [4.78, 5) is 11.8. The lowest BCUT2D eigenvalue weighted by Crippen LogP contribution is -2.40. The number of halogens is 1. The van der Waals surface area contributed by atoms with E-state index in [-0.39, 0.29) is 0 Å². The summed E-state index contributed by atoms with van der Waals surface area (Å²) in [6, 6.07) is 10.2. The van der Waals surface area contributed by atoms with Crippen LogP contribution in [0, 0.1) is 0 Å². The normalized spacial score (nSPS) is 15.9. The monoisotopic (exact) mass is 330 g/mol. The highest BCUT2D eigenvalue weighted by Gasteiger charge is 2.19. The summed E-state index contributed by atoms with van der Waals surface area (Å²) >= 11 is 5.99. The highest BCUT2D eigenvalue weighted by atomic mass is 35.5. The average molecular weight is 331 g/mol. The van der Waals surface area contributed by atoms with Crippen LogP contribution in [0.3, 0.4) is 0 Å². The van der Waals surface area contributed by atoms with E-state index < -0.39 is 0 Å². The Labute approximate surface area is 142 Å². The zero-order chi connectivity index (χ0) is 16.2. The average Bonchev–Trinajstić information content (AvgIpc) is 2.56. The predicted octanol–water partition coefficient (Wildman–Crippen LogP) is 3.68. The van der Waals surface area contributed by atoms with Gasteiger partial charge in [-0.1, -0.05) is 24.9 Å². The first-order valence-corrected chi connectivity index (χ1v) is 8.68. The van der Waals surface area contributed by atoms with E-state index in [2.05, 4.69) is 17.9 Å². The number of piperidine rings is 1. The lowest BCUT2D eigenvalue weighted by Gasteiger charge is -2.31. The third-order valence-corrected chi connectivity index (χ3v) is 4.49. The molecule has 0 amide bonds. The smallest absolute Gasteiger partial charge is 0.161 e. The summed E-state index contributed by atoms with van der Waals surface area (Å²) < 4.78 is 0. The van der Waals surface area contributed by atoms with Gasteiger partial charge >= 0.3 is 0 Å². The Morgan fingerprint density at radius 1 is 1.17 bits per heavy atom. The number of benzene rings is 1. The van der Waals surface area contributed by atoms with Gasteiger partial charge < -0.3 is 10.6 Å². The molecule has 2 N–H and O–H groups in total. The van der Waals surface area contributed by atoms with Crippen molar-refractivity contribution in [2.45, 2.75) is 38.6 Å². The highest BCUT2D eigenvalue weighted by Crippen LogP contribution is 2.24. The molecule has 0 unspecified atom stereocenters. The van der Waals surface area contributed by atoms with Crippen LogP contribution in [0.2, 0.25) is 5.02 Å². The topological polar surface area (TPSA) is 55.0 Å². The van der Waals surface area contributed by atoms with Crippen molar-refractivity contribution in [1.29, 1.82) is 0 Å². The molecule has 0 spiro atoms. The number of aromatic nitrogens is 2. The second-order valence-corrected chi connectivity index (χ2v) is 6.56. The number of aryl methyl sites for hydroxylation is 1. The van der Waals surface area contributed by atoms with E-state index in [0.717, 1.165) is 66.7 Å². The van der Waals surface area contributed by atoms with Crippen LogP contribution in [-0.4, -0.2) is 29.1 Å². The van der Waals surface area contributed by atoms with Crippen LogP contribution in [0.25, 0.3) is 11.4 Å². The molecule has 0 saturated carbocycles. The number of hydrogen-bond donors (Lipinski definition) is 1. The largest absolute Gasteiger partial charge is 0.356 e. The van der Waals surface area contributed by atoms with Gasteiger partial charge in [0.2, 0.25) is 0 Å². The SMILES string of the molecule is CCCc1cc(N2CCC(N)CC2)nc(-c2ccc(Cl)cc2)n1. The Morgan fingerprint density at radius 2 is 1.87 bits per heavy atom. The maximum Gasteiger partial charge on any atom is 0.161 e. The van der Waals surface area contributed by atoms with Crippen LogP contribution in [0.1, 0.15) is 31.9 Å². The molecule has 0 radical (unpaired) electrons. The molecule has 0 aliphatic carbocycles. The Hall–Kier alpha value is -1.65. The number of rotatable bonds is 4. The van der Waals surface area contributed by atoms with Gasteiger partial charge in [-0.15, -0.1) is 0 Å². The van der Waals surface area contributed by atoms with E-state index in [4.69, 9.17) is 27.3 Å². The number of nitrogens with two attached hydrogens (primary N) is 1. The van der Waals surface area contributed by atoms with Crippen LogP contribution in [0.15, 0.2) is 30.3 Å². The standard InChI is InChI=1S/C18H23ClN4/c1-2-3-16-12-17(23-10-8-15(20)9-11-23)22-18(21-16)13-4-6-14(19)7-5-13/h4-7,12,15H,2-3,8-11,20H2,1H3. The van der Waals surface area contributed by atoms with E-state index in [0.29, 0.717) is 6.04 Å². The molecule has 1 fully saturated rings. The predicted molar refractivity (Wildman–Crippen MR) is 95.9 cm³/mol. The van der Waals surface area contributed by atoms with Crippen molar-refractivity contribution < 1.29 is 0 Å². The third-order valence-electron chi connectivity index (χ3n) is 4.24. The zero-order valence-corrected chi connectivity index (χ0v) is 14.3. The number of nitrogens with zero attached hydrogens (tertiary/aromatic N) is 3. The van der Waals surface area contributed by atoms with Crippen LogP contribution >= 0.6 is 11.6 Å². The minimum absolute atomic E-state index is 0.318. The fraction of sp³-hybridized carbons (Fsp3) is 0.444. The molecule has 4 nitrogen and oxygen atoms in total. The molecule has 2 heterocycles. The summed E-state index contributed by atoms with van der Waals surface area (Å²) in [7, 11) is 0. The van der Waals surface area contributed by atoms with Crippen LogP contribution in [0.4, 0.5) is 5.82 Å². The van der Waals surface area contributed by atoms with Crippen LogP contribution in [-0.2, 0) is 6.42 Å². The van der Waals surface area contributed by atoms with Gasteiger partial charge in [0, 0.05) is 41.5 Å². The lowest BCUT2D eigenvalue weighted by molar-refractivity contribution is 0.498. The minimum atomic E-state index is 0.318. The first-order chi connectivity index (χ1) is 11.2. The van der Waals surface area contributed by atoms with Crippen molar-refractivity contribution in [3.05, 3.63) is 41.0 Å². The van der Waals surface area contributed by atoms with Gasteiger partial charge in [-0.3, -0.25) is 0 Å². The van der Waals surface area contributed by atoms with Gasteiger partial charge in [0.1, 0.15) is 5.82 Å². The zero-order valence-electron chi connectivity index (χ0n) is 13.5. The summed E-state index contributed by atoms with van der Waals surface area (Å²) in [5.74, 6) is 1.79. The van der Waals surface area contributed by atoms with Crippen molar-refractivity contribution >= 4 is 17.4 Å². The molecule has 122 valence electrons.